The standard InChI is InChI=1S/C15H14N4O4S/c1-23-14-6-10(16-9-13(14)20)7-17-18-8-12-11-4-2-3-5-15(11)24(21,22)19-12/h2-7,9,18,20H,8H2,1H3/b17-7+. The van der Waals surface area contributed by atoms with Crippen molar-refractivity contribution < 1.29 is 18.3 Å². The number of hydrogen-bond donors (Lipinski definition) is 2. The minimum atomic E-state index is -3.62. The summed E-state index contributed by atoms with van der Waals surface area (Å²) < 4.78 is 32.6. The zero-order valence-electron chi connectivity index (χ0n) is 12.7. The van der Waals surface area contributed by atoms with E-state index in [2.05, 4.69) is 19.9 Å². The Kier molecular flexibility index (Phi) is 4.17. The van der Waals surface area contributed by atoms with Gasteiger partial charge in [-0.15, -0.1) is 0 Å². The normalized spacial score (nSPS) is 15.1. The Morgan fingerprint density at radius 1 is 1.38 bits per heavy atom. The lowest BCUT2D eigenvalue weighted by Crippen LogP contribution is -2.18. The molecule has 0 radical (unpaired) electrons. The van der Waals surface area contributed by atoms with Crippen molar-refractivity contribution in [2.75, 3.05) is 13.7 Å². The minimum absolute atomic E-state index is 0.0651. The molecule has 3 rings (SSSR count). The van der Waals surface area contributed by atoms with Crippen molar-refractivity contribution in [1.82, 2.24) is 10.4 Å². The van der Waals surface area contributed by atoms with E-state index in [0.29, 0.717) is 17.0 Å². The fraction of sp³-hybridized carbons (Fsp3) is 0.133. The number of methoxy groups -OCH3 is 1. The van der Waals surface area contributed by atoms with E-state index in [1.165, 1.54) is 31.7 Å². The second-order valence-corrected chi connectivity index (χ2v) is 6.46. The Balaban J connectivity index is 1.69. The van der Waals surface area contributed by atoms with Gasteiger partial charge in [0, 0.05) is 11.6 Å². The molecule has 0 bridgehead atoms. The lowest BCUT2D eigenvalue weighted by atomic mass is 10.1. The van der Waals surface area contributed by atoms with Crippen LogP contribution in [0.4, 0.5) is 0 Å². The molecule has 8 nitrogen and oxygen atoms in total. The number of hydrazone groups is 1. The molecule has 0 unspecified atom stereocenters. The number of rotatable bonds is 5. The average molecular weight is 346 g/mol. The highest BCUT2D eigenvalue weighted by Crippen LogP contribution is 2.25. The summed E-state index contributed by atoms with van der Waals surface area (Å²) in [7, 11) is -2.18. The molecule has 0 atom stereocenters. The number of hydrogen-bond acceptors (Lipinski definition) is 7. The molecule has 1 aliphatic rings. The average Bonchev–Trinajstić information content (AvgIpc) is 2.84. The number of aromatic nitrogens is 1. The van der Waals surface area contributed by atoms with Crippen LogP contribution in [-0.4, -0.2) is 44.1 Å². The Bertz CT molecular complexity index is 938. The van der Waals surface area contributed by atoms with Crippen molar-refractivity contribution >= 4 is 21.9 Å². The molecule has 2 aromatic rings. The fourth-order valence-electron chi connectivity index (χ4n) is 2.21. The molecule has 1 aromatic heterocycles. The van der Waals surface area contributed by atoms with Crippen molar-refractivity contribution in [3.63, 3.8) is 0 Å². The number of aromatic hydroxyl groups is 1. The van der Waals surface area contributed by atoms with Gasteiger partial charge in [-0.3, -0.25) is 4.98 Å². The molecule has 1 aliphatic heterocycles. The summed E-state index contributed by atoms with van der Waals surface area (Å²) in [6, 6.07) is 8.16. The molecule has 9 heteroatoms. The fourth-order valence-corrected chi connectivity index (χ4v) is 3.48. The maximum absolute atomic E-state index is 11.9. The van der Waals surface area contributed by atoms with Crippen molar-refractivity contribution in [2.45, 2.75) is 4.90 Å². The first-order valence-corrected chi connectivity index (χ1v) is 8.37. The molecular formula is C15H14N4O4S. The van der Waals surface area contributed by atoms with Crippen molar-refractivity contribution in [1.29, 1.82) is 0 Å². The molecule has 0 saturated heterocycles. The molecule has 0 amide bonds. The zero-order chi connectivity index (χ0) is 17.2. The largest absolute Gasteiger partial charge is 0.503 e. The van der Waals surface area contributed by atoms with Crippen LogP contribution in [0.2, 0.25) is 0 Å². The summed E-state index contributed by atoms with van der Waals surface area (Å²) >= 11 is 0. The Morgan fingerprint density at radius 3 is 2.96 bits per heavy atom. The van der Waals surface area contributed by atoms with Crippen LogP contribution in [0.15, 0.2) is 50.9 Å². The first kappa shape index (κ1) is 15.9. The van der Waals surface area contributed by atoms with E-state index < -0.39 is 10.0 Å². The van der Waals surface area contributed by atoms with Crippen LogP contribution in [0, 0.1) is 0 Å². The molecular weight excluding hydrogens is 332 g/mol. The van der Waals surface area contributed by atoms with Gasteiger partial charge in [-0.25, -0.2) is 0 Å². The number of fused-ring (bicyclic) bond motifs is 1. The second-order valence-electron chi connectivity index (χ2n) is 4.88. The van der Waals surface area contributed by atoms with Gasteiger partial charge < -0.3 is 15.3 Å². The van der Waals surface area contributed by atoms with Crippen LogP contribution in [0.3, 0.4) is 0 Å². The maximum Gasteiger partial charge on any atom is 0.283 e. The lowest BCUT2D eigenvalue weighted by Gasteiger charge is -2.03. The van der Waals surface area contributed by atoms with Gasteiger partial charge in [0.05, 0.1) is 42.4 Å². The quantitative estimate of drug-likeness (QED) is 0.614. The van der Waals surface area contributed by atoms with Gasteiger partial charge >= 0.3 is 0 Å². The predicted molar refractivity (Wildman–Crippen MR) is 88.2 cm³/mol. The van der Waals surface area contributed by atoms with Gasteiger partial charge in [0.1, 0.15) is 0 Å². The summed E-state index contributed by atoms with van der Waals surface area (Å²) in [5.41, 5.74) is 4.18. The van der Waals surface area contributed by atoms with Gasteiger partial charge in [0.25, 0.3) is 10.0 Å². The van der Waals surface area contributed by atoms with Crippen molar-refractivity contribution in [3.05, 3.63) is 47.8 Å². The van der Waals surface area contributed by atoms with E-state index in [1.54, 1.807) is 18.2 Å². The molecule has 24 heavy (non-hydrogen) atoms. The second kappa shape index (κ2) is 6.28. The molecule has 0 fully saturated rings. The van der Waals surface area contributed by atoms with Crippen molar-refractivity contribution in [2.24, 2.45) is 9.50 Å². The summed E-state index contributed by atoms with van der Waals surface area (Å²) in [4.78, 5) is 4.17. The van der Waals surface area contributed by atoms with Crippen LogP contribution in [0.25, 0.3) is 0 Å². The third-order valence-electron chi connectivity index (χ3n) is 3.33. The first-order valence-electron chi connectivity index (χ1n) is 6.93. The highest BCUT2D eigenvalue weighted by atomic mass is 32.2. The number of benzene rings is 1. The molecule has 2 N–H and O–H groups in total. The van der Waals surface area contributed by atoms with Crippen LogP contribution >= 0.6 is 0 Å². The van der Waals surface area contributed by atoms with E-state index in [9.17, 15) is 13.5 Å². The Labute approximate surface area is 138 Å². The molecule has 1 aromatic carbocycles. The monoisotopic (exact) mass is 346 g/mol. The molecule has 0 saturated carbocycles. The third-order valence-corrected chi connectivity index (χ3v) is 4.70. The first-order chi connectivity index (χ1) is 11.5. The van der Waals surface area contributed by atoms with Crippen LogP contribution in [0.1, 0.15) is 11.3 Å². The van der Waals surface area contributed by atoms with E-state index in [1.807, 2.05) is 0 Å². The van der Waals surface area contributed by atoms with Gasteiger partial charge in [-0.1, -0.05) is 18.2 Å². The minimum Gasteiger partial charge on any atom is -0.503 e. The lowest BCUT2D eigenvalue weighted by molar-refractivity contribution is 0.372. The van der Waals surface area contributed by atoms with E-state index >= 15 is 0 Å². The third kappa shape index (κ3) is 3.06. The van der Waals surface area contributed by atoms with Gasteiger partial charge in [0.15, 0.2) is 11.5 Å². The topological polar surface area (TPSA) is 113 Å². The summed E-state index contributed by atoms with van der Waals surface area (Å²) in [5, 5.41) is 13.5. The summed E-state index contributed by atoms with van der Waals surface area (Å²) in [6.45, 7) is 0.155. The van der Waals surface area contributed by atoms with Crippen LogP contribution in [0.5, 0.6) is 11.5 Å². The van der Waals surface area contributed by atoms with E-state index in [-0.39, 0.29) is 22.9 Å². The molecule has 124 valence electrons. The number of sulfonamides is 1. The number of nitrogens with zero attached hydrogens (tertiary/aromatic N) is 3. The highest BCUT2D eigenvalue weighted by Gasteiger charge is 2.27. The predicted octanol–water partition coefficient (Wildman–Crippen LogP) is 0.911. The van der Waals surface area contributed by atoms with Crippen molar-refractivity contribution in [3.8, 4) is 11.5 Å². The Hall–Kier alpha value is -2.94. The zero-order valence-corrected chi connectivity index (χ0v) is 13.5. The summed E-state index contributed by atoms with van der Waals surface area (Å²) in [5.74, 6) is 0.219. The maximum atomic E-state index is 11.9. The summed E-state index contributed by atoms with van der Waals surface area (Å²) in [6.07, 6.45) is 2.68. The molecule has 0 aliphatic carbocycles. The molecule has 0 spiro atoms. The smallest absolute Gasteiger partial charge is 0.283 e. The van der Waals surface area contributed by atoms with E-state index in [4.69, 9.17) is 4.74 Å². The number of nitrogens with one attached hydrogen (secondary N) is 1. The SMILES string of the molecule is COc1cc(/C=N/NCC2=NS(=O)(=O)c3ccccc32)ncc1O. The van der Waals surface area contributed by atoms with Crippen LogP contribution in [-0.2, 0) is 10.0 Å². The van der Waals surface area contributed by atoms with Gasteiger partial charge in [0.2, 0.25) is 0 Å². The van der Waals surface area contributed by atoms with Gasteiger partial charge in [-0.05, 0) is 6.07 Å². The molecule has 2 heterocycles. The highest BCUT2D eigenvalue weighted by molar-refractivity contribution is 7.90. The Morgan fingerprint density at radius 2 is 2.17 bits per heavy atom. The van der Waals surface area contributed by atoms with Gasteiger partial charge in [-0.2, -0.15) is 17.9 Å². The number of ether oxygens (including phenoxy) is 1. The number of pyridine rings is 1. The van der Waals surface area contributed by atoms with E-state index in [0.717, 1.165) is 0 Å². The van der Waals surface area contributed by atoms with Crippen LogP contribution < -0.4 is 10.2 Å².